The largest absolute Gasteiger partial charge is 0.459 e. The highest BCUT2D eigenvalue weighted by Crippen LogP contribution is 2.23. The number of rotatable bonds is 6. The summed E-state index contributed by atoms with van der Waals surface area (Å²) in [5.74, 6) is 1.40. The van der Waals surface area contributed by atoms with E-state index in [4.69, 9.17) is 4.42 Å². The molecule has 2 atom stereocenters. The second-order valence-corrected chi connectivity index (χ2v) is 6.46. The van der Waals surface area contributed by atoms with E-state index in [-0.39, 0.29) is 48.5 Å². The summed E-state index contributed by atoms with van der Waals surface area (Å²) in [6.07, 6.45) is 0.960. The van der Waals surface area contributed by atoms with Gasteiger partial charge in [0.1, 0.15) is 17.9 Å². The van der Waals surface area contributed by atoms with E-state index >= 15 is 0 Å². The minimum absolute atomic E-state index is 0. The summed E-state index contributed by atoms with van der Waals surface area (Å²) in [6.45, 7) is 6.30. The molecule has 0 aliphatic rings. The van der Waals surface area contributed by atoms with E-state index in [1.807, 2.05) is 37.3 Å². The van der Waals surface area contributed by atoms with Gasteiger partial charge in [0, 0.05) is 25.5 Å². The number of para-hydroxylation sites is 1. The van der Waals surface area contributed by atoms with E-state index in [1.165, 1.54) is 4.90 Å². The molecule has 1 heterocycles. The van der Waals surface area contributed by atoms with Crippen molar-refractivity contribution < 1.29 is 9.21 Å². The van der Waals surface area contributed by atoms with Crippen molar-refractivity contribution in [3.05, 3.63) is 36.1 Å². The van der Waals surface area contributed by atoms with Gasteiger partial charge in [-0.2, -0.15) is 0 Å². The number of hydrogen-bond acceptors (Lipinski definition) is 3. The first-order chi connectivity index (χ1) is 11.9. The third-order valence-electron chi connectivity index (χ3n) is 4.09. The molecule has 1 amide bonds. The maximum atomic E-state index is 11.8. The van der Waals surface area contributed by atoms with Crippen molar-refractivity contribution in [1.82, 2.24) is 15.5 Å². The number of likely N-dealkylation sites (N-methyl/N-ethyl adjacent to an activating group) is 1. The van der Waals surface area contributed by atoms with E-state index in [0.717, 1.165) is 23.2 Å². The van der Waals surface area contributed by atoms with Gasteiger partial charge in [0.2, 0.25) is 5.91 Å². The molecule has 2 unspecified atom stereocenters. The second kappa shape index (κ2) is 10.4. The molecule has 7 heteroatoms. The number of amides is 1. The fraction of sp³-hybridized carbons (Fsp3) is 0.474. The molecule has 2 rings (SSSR count). The van der Waals surface area contributed by atoms with Gasteiger partial charge >= 0.3 is 0 Å². The standard InChI is InChI=1S/C19H28N4O2.HI/c1-6-13(2)21-19(20-12-18(24)23(4)5)22-14(3)17-11-15-9-7-8-10-16(15)25-17;/h7-11,13-14H,6,12H2,1-5H3,(H2,20,21,22);1H. The van der Waals surface area contributed by atoms with E-state index in [9.17, 15) is 4.79 Å². The van der Waals surface area contributed by atoms with Crippen molar-refractivity contribution >= 4 is 46.8 Å². The normalized spacial score (nSPS) is 13.7. The van der Waals surface area contributed by atoms with Gasteiger partial charge in [-0.05, 0) is 32.4 Å². The maximum absolute atomic E-state index is 11.8. The number of halogens is 1. The van der Waals surface area contributed by atoms with Crippen molar-refractivity contribution in [2.45, 2.75) is 39.3 Å². The monoisotopic (exact) mass is 472 g/mol. The lowest BCUT2D eigenvalue weighted by Gasteiger charge is -2.20. The number of nitrogens with one attached hydrogen (secondary N) is 2. The van der Waals surface area contributed by atoms with Crippen LogP contribution in [0.4, 0.5) is 0 Å². The Bertz CT molecular complexity index is 709. The first-order valence-electron chi connectivity index (χ1n) is 8.66. The fourth-order valence-corrected chi connectivity index (χ4v) is 2.25. The predicted octanol–water partition coefficient (Wildman–Crippen LogP) is 3.53. The maximum Gasteiger partial charge on any atom is 0.243 e. The Labute approximate surface area is 172 Å². The SMILES string of the molecule is CCC(C)NC(=NCC(=O)N(C)C)NC(C)c1cc2ccccc2o1.I. The van der Waals surface area contributed by atoms with Gasteiger partial charge in [-0.1, -0.05) is 25.1 Å². The molecule has 144 valence electrons. The number of benzene rings is 1. The molecule has 0 saturated carbocycles. The number of furan rings is 1. The molecule has 0 bridgehead atoms. The van der Waals surface area contributed by atoms with Gasteiger partial charge in [-0.15, -0.1) is 24.0 Å². The van der Waals surface area contributed by atoms with E-state index in [2.05, 4.69) is 29.5 Å². The molecule has 0 radical (unpaired) electrons. The number of carbonyl (C=O) groups is 1. The summed E-state index contributed by atoms with van der Waals surface area (Å²) >= 11 is 0. The molecular formula is C19H29IN4O2. The van der Waals surface area contributed by atoms with Gasteiger partial charge in [-0.25, -0.2) is 4.99 Å². The molecule has 2 N–H and O–H groups in total. The summed E-state index contributed by atoms with van der Waals surface area (Å²) < 4.78 is 5.91. The Morgan fingerprint density at radius 1 is 1.23 bits per heavy atom. The second-order valence-electron chi connectivity index (χ2n) is 6.46. The van der Waals surface area contributed by atoms with Crippen molar-refractivity contribution in [3.8, 4) is 0 Å². The Kier molecular flexibility index (Phi) is 8.91. The number of guanidine groups is 1. The highest BCUT2D eigenvalue weighted by molar-refractivity contribution is 14.0. The zero-order chi connectivity index (χ0) is 18.4. The molecular weight excluding hydrogens is 443 g/mol. The summed E-state index contributed by atoms with van der Waals surface area (Å²) in [5.41, 5.74) is 0.863. The van der Waals surface area contributed by atoms with E-state index < -0.39 is 0 Å². The Balaban J connectivity index is 0.00000338. The Morgan fingerprint density at radius 3 is 2.54 bits per heavy atom. The van der Waals surface area contributed by atoms with Gasteiger partial charge in [0.25, 0.3) is 0 Å². The van der Waals surface area contributed by atoms with Crippen LogP contribution in [0.1, 0.15) is 39.0 Å². The molecule has 6 nitrogen and oxygen atoms in total. The smallest absolute Gasteiger partial charge is 0.243 e. The third kappa shape index (κ3) is 6.19. The van der Waals surface area contributed by atoms with Crippen LogP contribution in [0, 0.1) is 0 Å². The Hall–Kier alpha value is -1.77. The average Bonchev–Trinajstić information content (AvgIpc) is 3.03. The minimum atomic E-state index is -0.0721. The quantitative estimate of drug-likeness (QED) is 0.384. The first-order valence-corrected chi connectivity index (χ1v) is 8.66. The third-order valence-corrected chi connectivity index (χ3v) is 4.09. The highest BCUT2D eigenvalue weighted by atomic mass is 127. The fourth-order valence-electron chi connectivity index (χ4n) is 2.25. The number of carbonyl (C=O) groups excluding carboxylic acids is 1. The van der Waals surface area contributed by atoms with Crippen LogP contribution in [-0.4, -0.2) is 43.4 Å². The van der Waals surface area contributed by atoms with Crippen LogP contribution in [-0.2, 0) is 4.79 Å². The molecule has 0 fully saturated rings. The molecule has 0 saturated heterocycles. The van der Waals surface area contributed by atoms with Crippen molar-refractivity contribution in [2.24, 2.45) is 4.99 Å². The Morgan fingerprint density at radius 2 is 1.92 bits per heavy atom. The first kappa shape index (κ1) is 22.3. The van der Waals surface area contributed by atoms with E-state index in [1.54, 1.807) is 14.1 Å². The average molecular weight is 472 g/mol. The molecule has 0 spiro atoms. The van der Waals surface area contributed by atoms with Crippen molar-refractivity contribution in [2.75, 3.05) is 20.6 Å². The molecule has 26 heavy (non-hydrogen) atoms. The summed E-state index contributed by atoms with van der Waals surface area (Å²) in [6, 6.07) is 10.1. The van der Waals surface area contributed by atoms with Crippen LogP contribution in [0.2, 0.25) is 0 Å². The highest BCUT2D eigenvalue weighted by Gasteiger charge is 2.15. The number of hydrogen-bond donors (Lipinski definition) is 2. The van der Waals surface area contributed by atoms with Crippen molar-refractivity contribution in [3.63, 3.8) is 0 Å². The molecule has 2 aromatic rings. The summed E-state index contributed by atoms with van der Waals surface area (Å²) in [4.78, 5) is 17.8. The van der Waals surface area contributed by atoms with Gasteiger partial charge in [0.15, 0.2) is 5.96 Å². The van der Waals surface area contributed by atoms with Crippen LogP contribution in [0.15, 0.2) is 39.7 Å². The molecule has 1 aromatic heterocycles. The van der Waals surface area contributed by atoms with Gasteiger partial charge < -0.3 is 20.0 Å². The van der Waals surface area contributed by atoms with Crippen molar-refractivity contribution in [1.29, 1.82) is 0 Å². The van der Waals surface area contributed by atoms with E-state index in [0.29, 0.717) is 5.96 Å². The number of nitrogens with zero attached hydrogens (tertiary/aromatic N) is 2. The molecule has 0 aliphatic carbocycles. The van der Waals surface area contributed by atoms with Crippen LogP contribution in [0.3, 0.4) is 0 Å². The van der Waals surface area contributed by atoms with Crippen LogP contribution in [0.25, 0.3) is 11.0 Å². The van der Waals surface area contributed by atoms with Crippen LogP contribution >= 0.6 is 24.0 Å². The lowest BCUT2D eigenvalue weighted by molar-refractivity contribution is -0.127. The number of fused-ring (bicyclic) bond motifs is 1. The summed E-state index contributed by atoms with van der Waals surface area (Å²) in [7, 11) is 3.45. The molecule has 1 aromatic carbocycles. The van der Waals surface area contributed by atoms with Crippen LogP contribution < -0.4 is 10.6 Å². The van der Waals surface area contributed by atoms with Gasteiger partial charge in [-0.3, -0.25) is 4.79 Å². The summed E-state index contributed by atoms with van der Waals surface area (Å²) in [5, 5.41) is 7.72. The zero-order valence-corrected chi connectivity index (χ0v) is 18.4. The minimum Gasteiger partial charge on any atom is -0.459 e. The molecule has 0 aliphatic heterocycles. The van der Waals surface area contributed by atoms with Crippen LogP contribution in [0.5, 0.6) is 0 Å². The lowest BCUT2D eigenvalue weighted by atomic mass is 10.2. The topological polar surface area (TPSA) is 69.9 Å². The zero-order valence-electron chi connectivity index (χ0n) is 16.1. The predicted molar refractivity (Wildman–Crippen MR) is 117 cm³/mol. The number of aliphatic imine (C=N–C) groups is 1. The van der Waals surface area contributed by atoms with Gasteiger partial charge in [0.05, 0.1) is 6.04 Å². The lowest BCUT2D eigenvalue weighted by Crippen LogP contribution is -2.43.